The number of hydrogen-bond donors (Lipinski definition) is 3. The Balaban J connectivity index is 1.49. The van der Waals surface area contributed by atoms with Crippen molar-refractivity contribution in [3.63, 3.8) is 0 Å². The Morgan fingerprint density at radius 3 is 2.61 bits per heavy atom. The fourth-order valence-corrected chi connectivity index (χ4v) is 3.94. The number of benzene rings is 1. The summed E-state index contributed by atoms with van der Waals surface area (Å²) in [5.74, 6) is -0.694. The van der Waals surface area contributed by atoms with E-state index in [1.165, 1.54) is 6.20 Å². The lowest BCUT2D eigenvalue weighted by Gasteiger charge is -2.11. The van der Waals surface area contributed by atoms with Crippen LogP contribution in [0.4, 0.5) is 5.95 Å². The Bertz CT molecular complexity index is 1410. The Labute approximate surface area is 207 Å². The largest absolute Gasteiger partial charge is 0.366 e. The van der Waals surface area contributed by atoms with Gasteiger partial charge in [-0.2, -0.15) is 5.10 Å². The van der Waals surface area contributed by atoms with E-state index in [2.05, 4.69) is 25.7 Å². The fraction of sp³-hybridized carbons (Fsp3) is 0.280. The highest BCUT2D eigenvalue weighted by molar-refractivity contribution is 6.03. The highest BCUT2D eigenvalue weighted by atomic mass is 16.2. The van der Waals surface area contributed by atoms with Gasteiger partial charge >= 0.3 is 0 Å². The van der Waals surface area contributed by atoms with Crippen molar-refractivity contribution in [1.29, 1.82) is 0 Å². The van der Waals surface area contributed by atoms with Gasteiger partial charge in [0.2, 0.25) is 11.9 Å². The van der Waals surface area contributed by atoms with Crippen molar-refractivity contribution in [2.24, 2.45) is 5.73 Å². The topological polar surface area (TPSA) is 150 Å². The smallest absolute Gasteiger partial charge is 0.276 e. The average Bonchev–Trinajstić information content (AvgIpc) is 3.43. The molecule has 0 aliphatic heterocycles. The third kappa shape index (κ3) is 5.40. The first-order valence-electron chi connectivity index (χ1n) is 11.7. The number of nitrogens with one attached hydrogen (secondary N) is 2. The van der Waals surface area contributed by atoms with Gasteiger partial charge in [-0.05, 0) is 63.1 Å². The summed E-state index contributed by atoms with van der Waals surface area (Å²) in [6.45, 7) is 5.33. The number of aromatic nitrogens is 5. The van der Waals surface area contributed by atoms with E-state index in [4.69, 9.17) is 5.73 Å². The van der Waals surface area contributed by atoms with Crippen LogP contribution in [0.2, 0.25) is 0 Å². The SMILES string of the molecule is CCn1nc(C)cc1C(=O)Nc1nc2cc(C(N)=O)ccc2n1CCCCNC(=O)c1cccnc1. The third-order valence-corrected chi connectivity index (χ3v) is 5.71. The standard InChI is InChI=1S/C25H28N8O3/c1-3-33-21(13-16(2)31-33)24(36)30-25-29-19-14-17(22(26)34)8-9-20(19)32(25)12-5-4-11-28-23(35)18-7-6-10-27-15-18/h6-10,13-15H,3-5,11-12H2,1-2H3,(H2,26,34)(H,28,35)(H,29,30,36). The number of imidazole rings is 1. The maximum absolute atomic E-state index is 13.0. The highest BCUT2D eigenvalue weighted by Crippen LogP contribution is 2.23. The van der Waals surface area contributed by atoms with Gasteiger partial charge in [0.25, 0.3) is 11.8 Å². The Morgan fingerprint density at radius 1 is 1.06 bits per heavy atom. The second-order valence-corrected chi connectivity index (χ2v) is 8.30. The van der Waals surface area contributed by atoms with Crippen molar-refractivity contribution in [2.75, 3.05) is 11.9 Å². The number of amides is 3. The molecule has 4 N–H and O–H groups in total. The van der Waals surface area contributed by atoms with E-state index < -0.39 is 5.91 Å². The molecule has 0 spiro atoms. The minimum atomic E-state index is -0.552. The molecule has 3 aromatic heterocycles. The average molecular weight is 489 g/mol. The molecule has 0 saturated heterocycles. The van der Waals surface area contributed by atoms with E-state index in [-0.39, 0.29) is 11.8 Å². The summed E-state index contributed by atoms with van der Waals surface area (Å²) in [6, 6.07) is 10.2. The number of pyridine rings is 1. The van der Waals surface area contributed by atoms with Gasteiger partial charge < -0.3 is 15.6 Å². The number of rotatable bonds is 10. The van der Waals surface area contributed by atoms with E-state index >= 15 is 0 Å². The Kier molecular flexibility index (Phi) is 7.38. The first-order valence-corrected chi connectivity index (χ1v) is 11.7. The molecule has 0 saturated carbocycles. The minimum Gasteiger partial charge on any atom is -0.366 e. The number of nitrogens with zero attached hydrogens (tertiary/aromatic N) is 5. The molecule has 1 aromatic carbocycles. The predicted octanol–water partition coefficient (Wildman–Crippen LogP) is 2.52. The molecule has 3 amide bonds. The number of carbonyl (C=O) groups is 3. The molecule has 0 fully saturated rings. The third-order valence-electron chi connectivity index (χ3n) is 5.71. The van der Waals surface area contributed by atoms with Crippen LogP contribution in [0, 0.1) is 6.92 Å². The number of hydrogen-bond acceptors (Lipinski definition) is 6. The number of carbonyl (C=O) groups excluding carboxylic acids is 3. The normalized spacial score (nSPS) is 10.9. The molecule has 0 atom stereocenters. The number of unbranched alkanes of at least 4 members (excludes halogenated alkanes) is 1. The molecule has 11 heteroatoms. The summed E-state index contributed by atoms with van der Waals surface area (Å²) in [5.41, 5.74) is 8.76. The molecule has 3 heterocycles. The molecule has 11 nitrogen and oxygen atoms in total. The molecule has 4 aromatic rings. The molecular formula is C25H28N8O3. The molecule has 4 rings (SSSR count). The van der Waals surface area contributed by atoms with Crippen molar-refractivity contribution < 1.29 is 14.4 Å². The van der Waals surface area contributed by atoms with Gasteiger partial charge in [-0.3, -0.25) is 29.4 Å². The quantitative estimate of drug-likeness (QED) is 0.292. The molecule has 0 aliphatic carbocycles. The first kappa shape index (κ1) is 24.6. The number of anilines is 1. The lowest BCUT2D eigenvalue weighted by Crippen LogP contribution is -2.24. The molecule has 36 heavy (non-hydrogen) atoms. The number of aryl methyl sites for hydroxylation is 3. The highest BCUT2D eigenvalue weighted by Gasteiger charge is 2.18. The molecular weight excluding hydrogens is 460 g/mol. The summed E-state index contributed by atoms with van der Waals surface area (Å²) >= 11 is 0. The minimum absolute atomic E-state index is 0.175. The van der Waals surface area contributed by atoms with Crippen molar-refractivity contribution in [1.82, 2.24) is 29.6 Å². The monoisotopic (exact) mass is 488 g/mol. The molecule has 0 bridgehead atoms. The zero-order valence-corrected chi connectivity index (χ0v) is 20.2. The molecule has 0 unspecified atom stereocenters. The summed E-state index contributed by atoms with van der Waals surface area (Å²) in [4.78, 5) is 45.4. The van der Waals surface area contributed by atoms with E-state index in [0.717, 1.165) is 11.2 Å². The molecule has 186 valence electrons. The summed E-state index contributed by atoms with van der Waals surface area (Å²) < 4.78 is 3.52. The first-order chi connectivity index (χ1) is 17.4. The van der Waals surface area contributed by atoms with Crippen LogP contribution >= 0.6 is 0 Å². The van der Waals surface area contributed by atoms with E-state index in [1.807, 2.05) is 18.4 Å². The van der Waals surface area contributed by atoms with Crippen LogP contribution in [-0.4, -0.2) is 48.6 Å². The van der Waals surface area contributed by atoms with Gasteiger partial charge in [0.1, 0.15) is 5.69 Å². The van der Waals surface area contributed by atoms with Crippen LogP contribution in [0.5, 0.6) is 0 Å². The number of fused-ring (bicyclic) bond motifs is 1. The lowest BCUT2D eigenvalue weighted by molar-refractivity contribution is 0.0950. The number of nitrogens with two attached hydrogens (primary N) is 1. The summed E-state index contributed by atoms with van der Waals surface area (Å²) in [7, 11) is 0. The van der Waals surface area contributed by atoms with Gasteiger partial charge in [-0.25, -0.2) is 4.98 Å². The van der Waals surface area contributed by atoms with Crippen LogP contribution in [0.1, 0.15) is 56.7 Å². The fourth-order valence-electron chi connectivity index (χ4n) is 3.94. The van der Waals surface area contributed by atoms with Crippen LogP contribution in [-0.2, 0) is 13.1 Å². The van der Waals surface area contributed by atoms with Gasteiger partial charge in [0.15, 0.2) is 0 Å². The molecule has 0 aliphatic rings. The van der Waals surface area contributed by atoms with Crippen LogP contribution < -0.4 is 16.4 Å². The van der Waals surface area contributed by atoms with Crippen LogP contribution in [0.25, 0.3) is 11.0 Å². The molecule has 0 radical (unpaired) electrons. The van der Waals surface area contributed by atoms with Crippen LogP contribution in [0.3, 0.4) is 0 Å². The summed E-state index contributed by atoms with van der Waals surface area (Å²) in [5, 5.41) is 10.1. The van der Waals surface area contributed by atoms with Gasteiger partial charge in [0.05, 0.1) is 22.3 Å². The van der Waals surface area contributed by atoms with Crippen molar-refractivity contribution >= 4 is 34.7 Å². The second-order valence-electron chi connectivity index (χ2n) is 8.30. The van der Waals surface area contributed by atoms with Gasteiger partial charge in [0, 0.05) is 37.6 Å². The summed E-state index contributed by atoms with van der Waals surface area (Å²) in [6.07, 6.45) is 4.56. The van der Waals surface area contributed by atoms with Crippen molar-refractivity contribution in [3.05, 3.63) is 71.3 Å². The van der Waals surface area contributed by atoms with Gasteiger partial charge in [-0.1, -0.05) is 0 Å². The maximum Gasteiger partial charge on any atom is 0.276 e. The Morgan fingerprint density at radius 2 is 1.89 bits per heavy atom. The van der Waals surface area contributed by atoms with Crippen molar-refractivity contribution in [2.45, 2.75) is 39.8 Å². The lowest BCUT2D eigenvalue weighted by atomic mass is 10.2. The van der Waals surface area contributed by atoms with Gasteiger partial charge in [-0.15, -0.1) is 0 Å². The predicted molar refractivity (Wildman–Crippen MR) is 135 cm³/mol. The van der Waals surface area contributed by atoms with E-state index in [1.54, 1.807) is 47.3 Å². The van der Waals surface area contributed by atoms with Crippen LogP contribution in [0.15, 0.2) is 48.8 Å². The second kappa shape index (κ2) is 10.8. The number of primary amides is 1. The Hall–Kier alpha value is -4.54. The van der Waals surface area contributed by atoms with E-state index in [0.29, 0.717) is 60.8 Å². The van der Waals surface area contributed by atoms with Crippen molar-refractivity contribution in [3.8, 4) is 0 Å². The van der Waals surface area contributed by atoms with E-state index in [9.17, 15) is 14.4 Å². The zero-order valence-electron chi connectivity index (χ0n) is 20.2. The zero-order chi connectivity index (χ0) is 25.7. The maximum atomic E-state index is 13.0.